The van der Waals surface area contributed by atoms with Crippen LogP contribution in [0.4, 0.5) is 19.3 Å². The van der Waals surface area contributed by atoms with Crippen molar-refractivity contribution in [2.75, 3.05) is 25.0 Å². The zero-order valence-electron chi connectivity index (χ0n) is 26.2. The first-order chi connectivity index (χ1) is 22.7. The van der Waals surface area contributed by atoms with Gasteiger partial charge in [0, 0.05) is 34.9 Å². The molecule has 10 nitrogen and oxygen atoms in total. The first kappa shape index (κ1) is 35.4. The number of anilines is 1. The van der Waals surface area contributed by atoms with Gasteiger partial charge in [0.15, 0.2) is 12.4 Å². The Hall–Kier alpha value is -5.46. The zero-order valence-corrected chi connectivity index (χ0v) is 27.0. The van der Waals surface area contributed by atoms with E-state index in [9.17, 15) is 23.6 Å². The Morgan fingerprint density at radius 2 is 1.79 bits per heavy atom. The number of amides is 3. The minimum absolute atomic E-state index is 0.0182. The van der Waals surface area contributed by atoms with Gasteiger partial charge in [-0.2, -0.15) is 5.26 Å². The number of ketones is 1. The van der Waals surface area contributed by atoms with E-state index in [0.29, 0.717) is 25.9 Å². The highest BCUT2D eigenvalue weighted by Crippen LogP contribution is 2.27. The summed E-state index contributed by atoms with van der Waals surface area (Å²) in [5.41, 5.74) is -0.978. The first-order valence-corrected chi connectivity index (χ1v) is 15.1. The van der Waals surface area contributed by atoms with E-state index in [1.807, 2.05) is 0 Å². The molecular weight excluding hydrogens is 646 g/mol. The van der Waals surface area contributed by atoms with Gasteiger partial charge in [-0.05, 0) is 82.1 Å². The molecule has 1 aliphatic heterocycles. The van der Waals surface area contributed by atoms with Crippen LogP contribution in [0.25, 0.3) is 0 Å². The molecule has 3 aromatic carbocycles. The number of carbonyl (C=O) groups excluding carboxylic acids is 3. The van der Waals surface area contributed by atoms with Gasteiger partial charge in [-0.15, -0.1) is 0 Å². The molecule has 0 saturated carbocycles. The minimum Gasteiger partial charge on any atom is -0.483 e. The molecule has 0 aliphatic carbocycles. The maximum absolute atomic E-state index is 15.3. The number of likely N-dealkylation sites (tertiary alicyclic amines) is 1. The van der Waals surface area contributed by atoms with Crippen molar-refractivity contribution in [3.05, 3.63) is 93.0 Å². The van der Waals surface area contributed by atoms with Crippen molar-refractivity contribution >= 4 is 41.0 Å². The van der Waals surface area contributed by atoms with Crippen molar-refractivity contribution < 1.29 is 37.8 Å². The standard InChI is InChI=1S/C35H31ClF2N4O6/c1-20-28(6-4-22(31(20)38)8-11-35(2,3)41-34(47)42-12-9-23(10-13-42)33(45)46)40-30(43)19-48-29-7-5-25(36)17-27(29)32(44)24-14-21(18-39)15-26(37)16-24/h4-7,14-17,23H,9-10,12-13,19H2,1-3H3,(H,40,43)(H,41,47)(H,45,46). The average Bonchev–Trinajstić information content (AvgIpc) is 3.05. The van der Waals surface area contributed by atoms with E-state index < -0.39 is 53.4 Å². The zero-order chi connectivity index (χ0) is 35.2. The van der Waals surface area contributed by atoms with Crippen LogP contribution in [-0.2, 0) is 9.59 Å². The van der Waals surface area contributed by atoms with Crippen LogP contribution in [-0.4, -0.2) is 58.9 Å². The van der Waals surface area contributed by atoms with Gasteiger partial charge in [0.25, 0.3) is 5.91 Å². The number of ether oxygens (including phenoxy) is 1. The van der Waals surface area contributed by atoms with Gasteiger partial charge in [-0.3, -0.25) is 14.4 Å². The van der Waals surface area contributed by atoms with Crippen LogP contribution < -0.4 is 15.4 Å². The predicted molar refractivity (Wildman–Crippen MR) is 173 cm³/mol. The molecule has 3 aromatic rings. The van der Waals surface area contributed by atoms with E-state index in [1.165, 1.54) is 48.2 Å². The lowest BCUT2D eigenvalue weighted by molar-refractivity contribution is -0.143. The molecule has 0 bridgehead atoms. The first-order valence-electron chi connectivity index (χ1n) is 14.8. The summed E-state index contributed by atoms with van der Waals surface area (Å²) in [7, 11) is 0. The van der Waals surface area contributed by atoms with Crippen LogP contribution in [0.15, 0.2) is 48.5 Å². The van der Waals surface area contributed by atoms with Crippen LogP contribution in [0.1, 0.15) is 59.3 Å². The summed E-state index contributed by atoms with van der Waals surface area (Å²) in [6, 6.07) is 11.5. The highest BCUT2D eigenvalue weighted by molar-refractivity contribution is 6.31. The molecule has 3 amide bonds. The second kappa shape index (κ2) is 15.0. The summed E-state index contributed by atoms with van der Waals surface area (Å²) in [5.74, 6) is 1.42. The van der Waals surface area contributed by atoms with Crippen molar-refractivity contribution in [1.29, 1.82) is 5.26 Å². The fourth-order valence-electron chi connectivity index (χ4n) is 4.92. The number of rotatable bonds is 8. The molecule has 0 aromatic heterocycles. The Bertz CT molecular complexity index is 1890. The Morgan fingerprint density at radius 3 is 2.46 bits per heavy atom. The largest absolute Gasteiger partial charge is 0.483 e. The number of piperidine rings is 1. The van der Waals surface area contributed by atoms with E-state index in [-0.39, 0.29) is 44.3 Å². The Morgan fingerprint density at radius 1 is 1.08 bits per heavy atom. The van der Waals surface area contributed by atoms with E-state index in [1.54, 1.807) is 19.9 Å². The number of benzene rings is 3. The molecule has 0 atom stereocenters. The number of halogens is 3. The molecule has 0 spiro atoms. The van der Waals surface area contributed by atoms with Crippen molar-refractivity contribution in [3.8, 4) is 23.7 Å². The SMILES string of the molecule is Cc1c(NC(=O)COc2ccc(Cl)cc2C(=O)c2cc(F)cc(C#N)c2)ccc(C#CC(C)(C)NC(=O)N2CCC(C(=O)O)CC2)c1F. The predicted octanol–water partition coefficient (Wildman–Crippen LogP) is 5.68. The lowest BCUT2D eigenvalue weighted by Gasteiger charge is -2.32. The fourth-order valence-corrected chi connectivity index (χ4v) is 5.10. The normalized spacial score (nSPS) is 13.1. The van der Waals surface area contributed by atoms with Gasteiger partial charge in [0.05, 0.1) is 34.2 Å². The lowest BCUT2D eigenvalue weighted by atomic mass is 9.97. The third kappa shape index (κ3) is 8.87. The van der Waals surface area contributed by atoms with E-state index >= 15 is 4.39 Å². The minimum atomic E-state index is -1.04. The molecule has 1 aliphatic rings. The number of hydrogen-bond acceptors (Lipinski definition) is 6. The second-order valence-electron chi connectivity index (χ2n) is 11.7. The van der Waals surface area contributed by atoms with Gasteiger partial charge in [-0.25, -0.2) is 13.6 Å². The summed E-state index contributed by atoms with van der Waals surface area (Å²) in [5, 5.41) is 23.8. The Labute approximate surface area is 280 Å². The lowest BCUT2D eigenvalue weighted by Crippen LogP contribution is -2.51. The summed E-state index contributed by atoms with van der Waals surface area (Å²) >= 11 is 6.07. The molecular formula is C35H31ClF2N4O6. The van der Waals surface area contributed by atoms with Crippen LogP contribution in [0.5, 0.6) is 5.75 Å². The number of nitriles is 1. The van der Waals surface area contributed by atoms with Crippen molar-refractivity contribution in [2.45, 2.75) is 39.2 Å². The smallest absolute Gasteiger partial charge is 0.318 e. The van der Waals surface area contributed by atoms with Gasteiger partial charge in [-0.1, -0.05) is 23.4 Å². The molecule has 48 heavy (non-hydrogen) atoms. The number of nitrogens with one attached hydrogen (secondary N) is 2. The van der Waals surface area contributed by atoms with Crippen LogP contribution >= 0.6 is 11.6 Å². The third-order valence-electron chi connectivity index (χ3n) is 7.56. The van der Waals surface area contributed by atoms with Crippen LogP contribution in [0.3, 0.4) is 0 Å². The number of carboxylic acid groups (broad SMARTS) is 1. The van der Waals surface area contributed by atoms with E-state index in [4.69, 9.17) is 26.7 Å². The second-order valence-corrected chi connectivity index (χ2v) is 12.1. The molecule has 0 unspecified atom stereocenters. The van der Waals surface area contributed by atoms with Crippen molar-refractivity contribution in [1.82, 2.24) is 10.2 Å². The number of nitrogens with zero attached hydrogens (tertiary/aromatic N) is 2. The maximum atomic E-state index is 15.3. The molecule has 4 rings (SSSR count). The van der Waals surface area contributed by atoms with Gasteiger partial charge >= 0.3 is 12.0 Å². The molecule has 0 radical (unpaired) electrons. The molecule has 1 heterocycles. The number of hydrogen-bond donors (Lipinski definition) is 3. The Balaban J connectivity index is 1.40. The molecule has 3 N–H and O–H groups in total. The van der Waals surface area contributed by atoms with Crippen molar-refractivity contribution in [2.24, 2.45) is 5.92 Å². The Kier molecular flexibility index (Phi) is 11.0. The summed E-state index contributed by atoms with van der Waals surface area (Å²) in [4.78, 5) is 51.3. The topological polar surface area (TPSA) is 149 Å². The number of carboxylic acids is 1. The van der Waals surface area contributed by atoms with Crippen LogP contribution in [0.2, 0.25) is 5.02 Å². The van der Waals surface area contributed by atoms with Crippen molar-refractivity contribution in [3.63, 3.8) is 0 Å². The fraction of sp³-hybridized carbons (Fsp3) is 0.286. The summed E-state index contributed by atoms with van der Waals surface area (Å²) < 4.78 is 34.9. The monoisotopic (exact) mass is 676 g/mol. The van der Waals surface area contributed by atoms with Gasteiger partial charge in [0.1, 0.15) is 17.4 Å². The molecule has 13 heteroatoms. The molecule has 248 valence electrons. The summed E-state index contributed by atoms with van der Waals surface area (Å²) in [6.07, 6.45) is 0.718. The van der Waals surface area contributed by atoms with Gasteiger partial charge in [0.2, 0.25) is 0 Å². The van der Waals surface area contributed by atoms with E-state index in [2.05, 4.69) is 22.5 Å². The molecule has 1 saturated heterocycles. The van der Waals surface area contributed by atoms with Gasteiger partial charge < -0.3 is 25.4 Å². The molecule has 1 fully saturated rings. The average molecular weight is 677 g/mol. The van der Waals surface area contributed by atoms with Crippen LogP contribution in [0, 0.1) is 47.6 Å². The number of carbonyl (C=O) groups is 4. The maximum Gasteiger partial charge on any atom is 0.318 e. The van der Waals surface area contributed by atoms with E-state index in [0.717, 1.165) is 12.1 Å². The summed E-state index contributed by atoms with van der Waals surface area (Å²) in [6.45, 7) is 4.80. The third-order valence-corrected chi connectivity index (χ3v) is 7.79. The number of urea groups is 1. The highest BCUT2D eigenvalue weighted by Gasteiger charge is 2.29. The highest BCUT2D eigenvalue weighted by atomic mass is 35.5. The number of aliphatic carboxylic acids is 1. The quantitative estimate of drug-likeness (QED) is 0.205.